The van der Waals surface area contributed by atoms with Crippen LogP contribution in [0.2, 0.25) is 10.0 Å². The number of rotatable bonds is 20. The zero-order valence-corrected chi connectivity index (χ0v) is 69.4. The van der Waals surface area contributed by atoms with Gasteiger partial charge < -0.3 is 153 Å². The Balaban J connectivity index is 0.0000144. The monoisotopic (exact) mass is 1810 g/mol. The van der Waals surface area contributed by atoms with Crippen molar-refractivity contribution in [2.24, 2.45) is 17.4 Å². The number of halogens is 3. The number of thiophene rings is 1. The molecule has 1 aromatic heterocycles. The Morgan fingerprint density at radius 3 is 1.94 bits per heavy atom. The van der Waals surface area contributed by atoms with E-state index in [1.165, 1.54) is 56.5 Å². The lowest BCUT2D eigenvalue weighted by atomic mass is 9.86. The number of aliphatic hydroxyl groups excluding tert-OH is 8. The molecule has 8 aliphatic rings. The molecular weight excluding hydrogens is 1720 g/mol. The van der Waals surface area contributed by atoms with Crippen molar-refractivity contribution in [3.63, 3.8) is 0 Å². The quantitative estimate of drug-likeness (QED) is 0.0520. The average Bonchev–Trinajstić information content (AvgIpc) is 0.814. The highest BCUT2D eigenvalue weighted by Gasteiger charge is 2.53. The normalized spacial score (nSPS) is 29.5. The molecule has 3 fully saturated rings. The maximum atomic E-state index is 16.4. The van der Waals surface area contributed by atoms with Crippen molar-refractivity contribution in [3.8, 4) is 67.6 Å². The number of phenols is 3. The number of nitrogens with two attached hydrogens (primary N) is 2. The Bertz CT molecular complexity index is 5230. The molecule has 7 aromatic rings. The molecule has 678 valence electrons. The van der Waals surface area contributed by atoms with Crippen LogP contribution in [0.3, 0.4) is 0 Å². The number of ether oxygens (including phenoxy) is 8. The number of fused-ring (bicyclic) bond motifs is 15. The van der Waals surface area contributed by atoms with Crippen LogP contribution in [0.25, 0.3) is 21.6 Å². The van der Waals surface area contributed by atoms with Gasteiger partial charge in [-0.3, -0.25) is 33.6 Å². The molecule has 42 heteroatoms. The number of benzene rings is 6. The van der Waals surface area contributed by atoms with Crippen molar-refractivity contribution in [1.29, 1.82) is 0 Å². The fraction of sp³-hybridized carbons (Fsp3) is 0.429. The van der Waals surface area contributed by atoms with Crippen LogP contribution in [0.1, 0.15) is 117 Å². The van der Waals surface area contributed by atoms with Gasteiger partial charge in [-0.1, -0.05) is 74.8 Å². The van der Waals surface area contributed by atoms with E-state index in [1.807, 2.05) is 12.1 Å². The Labute approximate surface area is 732 Å². The number of aliphatic hydroxyl groups is 8. The van der Waals surface area contributed by atoms with Crippen molar-refractivity contribution < 1.29 is 142 Å². The molecule has 126 heavy (non-hydrogen) atoms. The minimum absolute atomic E-state index is 0. The number of carbonyl (C=O) groups is 8. The maximum Gasteiger partial charge on any atom is 0.330 e. The topological polar surface area (TPSA) is 601 Å². The summed E-state index contributed by atoms with van der Waals surface area (Å²) in [5, 5.41) is 159. The number of carboxylic acid groups (broad SMARTS) is 1. The summed E-state index contributed by atoms with van der Waals surface area (Å²) in [7, 11) is 1.46. The van der Waals surface area contributed by atoms with Gasteiger partial charge in [0.2, 0.25) is 53.4 Å². The molecule has 15 rings (SSSR count). The van der Waals surface area contributed by atoms with Crippen molar-refractivity contribution in [1.82, 2.24) is 42.5 Å². The second-order valence-electron chi connectivity index (χ2n) is 31.7. The zero-order valence-electron chi connectivity index (χ0n) is 67.1. The third-order valence-corrected chi connectivity index (χ3v) is 23.9. The lowest BCUT2D eigenvalue weighted by Gasteiger charge is -2.46. The highest BCUT2D eigenvalue weighted by atomic mass is 35.5. The number of likely N-dealkylation sites (N-methyl/N-ethyl adjacent to an activating group) is 1. The lowest BCUT2D eigenvalue weighted by molar-refractivity contribution is -0.350. The van der Waals surface area contributed by atoms with Crippen molar-refractivity contribution in [2.75, 3.05) is 20.2 Å². The minimum Gasteiger partial charge on any atom is -0.508 e. The highest BCUT2D eigenvalue weighted by molar-refractivity contribution is 7.15. The molecule has 23 atom stereocenters. The molecule has 8 aliphatic heterocycles. The SMILES string of the molecule is C.CN[C@H](CC(C)C)C(=O)NC1C(=O)N[C@H](CC(N)=O)C(=O)N[C@H]2C(=O)N[C@@H]3C(=O)N[C@H](C(=O)N[C@H](C(=O)O)c4cc(O)cc(O)c4-c4cc3ccc4O)[C@H](OC3C[C@](C)(N)[C@@H](O)[C@H](C)O3)c3ccc(c(Cl)c3)Oc3cc2cc(c3O[C@@H]2O[C@H](CO)[C@@H](O[C@@H]3O[C@H](CNCc4ccc(-c5ccc(F)cc5)s4)[C@H](O)[C@H](O)[C@H]3O)[C@H](O)[C@H]2O)Oc2ccc(cc2Cl)[C@H]1O. The van der Waals surface area contributed by atoms with Crippen LogP contribution in [-0.4, -0.2) is 238 Å². The van der Waals surface area contributed by atoms with Gasteiger partial charge in [0.25, 0.3) is 0 Å². The molecular formula is C84H97Cl2FN10O28S. The van der Waals surface area contributed by atoms with Gasteiger partial charge in [-0.25, -0.2) is 9.18 Å². The van der Waals surface area contributed by atoms with Crippen LogP contribution >= 0.6 is 34.5 Å². The number of carbonyl (C=O) groups excluding carboxylic acids is 7. The third kappa shape index (κ3) is 20.5. The molecule has 0 saturated carbocycles. The van der Waals surface area contributed by atoms with Gasteiger partial charge in [0.1, 0.15) is 126 Å². The molecule has 0 spiro atoms. The summed E-state index contributed by atoms with van der Waals surface area (Å²) in [6.07, 6.45) is -29.3. The first-order valence-corrected chi connectivity index (χ1v) is 41.0. The molecule has 9 heterocycles. The predicted molar refractivity (Wildman–Crippen MR) is 443 cm³/mol. The zero-order chi connectivity index (χ0) is 90.2. The number of aromatic hydroxyl groups is 3. The van der Waals surface area contributed by atoms with Crippen LogP contribution < -0.4 is 68.2 Å². The Hall–Kier alpha value is -10.6. The second kappa shape index (κ2) is 39.4. The van der Waals surface area contributed by atoms with Crippen molar-refractivity contribution in [3.05, 3.63) is 164 Å². The van der Waals surface area contributed by atoms with Crippen LogP contribution in [0.4, 0.5) is 4.39 Å². The van der Waals surface area contributed by atoms with E-state index < -0.39 is 290 Å². The second-order valence-corrected chi connectivity index (χ2v) is 33.7. The van der Waals surface area contributed by atoms with Gasteiger partial charge in [0, 0.05) is 57.6 Å². The van der Waals surface area contributed by atoms with Gasteiger partial charge in [-0.05, 0) is 140 Å². The van der Waals surface area contributed by atoms with Crippen LogP contribution in [0.5, 0.6) is 46.0 Å². The van der Waals surface area contributed by atoms with E-state index in [2.05, 4.69) is 42.5 Å². The van der Waals surface area contributed by atoms with Gasteiger partial charge >= 0.3 is 5.97 Å². The summed E-state index contributed by atoms with van der Waals surface area (Å²) in [6, 6.07) is 8.41. The fourth-order valence-corrected chi connectivity index (χ4v) is 17.0. The van der Waals surface area contributed by atoms with E-state index in [0.29, 0.717) is 0 Å². The van der Waals surface area contributed by atoms with Crippen molar-refractivity contribution in [2.45, 2.75) is 201 Å². The van der Waals surface area contributed by atoms with Gasteiger partial charge in [-0.15, -0.1) is 11.3 Å². The summed E-state index contributed by atoms with van der Waals surface area (Å²) in [4.78, 5) is 122. The van der Waals surface area contributed by atoms with E-state index in [-0.39, 0.29) is 50.4 Å². The number of carboxylic acids is 1. The Morgan fingerprint density at radius 2 is 1.30 bits per heavy atom. The summed E-state index contributed by atoms with van der Waals surface area (Å²) in [5.41, 5.74) is 8.71. The standard InChI is InChI=1S/C83H93Cl2FN10O28S.CH4/c1-31(2)18-45(89-5)74(109)95-62-64(102)35-9-15-49(43(84)20-35)118-51-22-37-23-52(71(51)123-82-69(107)67(105)72(54(30-97)121-82)124-81-68(106)66(104)65(103)53(120-81)29-90-28-40-13-17-55(125-40)33-6-11-38(86)12-7-33)119-50-16-10-36(21-44(50)85)70(122-57-27-83(4,88)73(108)32(3)117-57)63-79(114)94-61(80(115)116)42-24-39(98)25-48(100)58(42)41-19-34(8-14-47(41)99)59(76(111)96-63)93-77(112)60(37)92-75(110)46(26-56(87)101)91-78(62)113;/h6-17,19-25,31-32,45-46,53-54,57,59-70,72-73,81-82,89-90,97-100,102-108H,18,26-30,88H2,1-5H3,(H2,87,101)(H,91,113)(H,92,110)(H,93,112)(H,94,114)(H,95,109)(H,96,111)(H,115,116);1H4/t32-,45+,46+,53+,54+,57?,59-,60+,61-,62?,63-,64+,65-,66-,67+,68+,69+,70+,72+,73-,81-,82-,83-;/m0./s1. The molecule has 2 unspecified atom stereocenters. The first-order chi connectivity index (χ1) is 59.3. The number of primary amides is 1. The predicted octanol–water partition coefficient (Wildman–Crippen LogP) is 2.23. The summed E-state index contributed by atoms with van der Waals surface area (Å²) >= 11 is 15.9. The van der Waals surface area contributed by atoms with Crippen LogP contribution in [0, 0.1) is 11.7 Å². The number of phenolic OH excluding ortho intramolecular Hbond substituents is 3. The van der Waals surface area contributed by atoms with Crippen LogP contribution in [-0.2, 0) is 68.6 Å². The third-order valence-electron chi connectivity index (χ3n) is 22.1. The molecule has 0 radical (unpaired) electrons. The molecule has 0 aliphatic carbocycles. The maximum absolute atomic E-state index is 16.4. The molecule has 7 amide bonds. The van der Waals surface area contributed by atoms with E-state index in [0.717, 1.165) is 82.0 Å². The van der Waals surface area contributed by atoms with Crippen LogP contribution in [0.15, 0.2) is 115 Å². The number of aliphatic carboxylic acids is 1. The smallest absolute Gasteiger partial charge is 0.330 e. The number of nitrogens with one attached hydrogen (secondary N) is 8. The van der Waals surface area contributed by atoms with Gasteiger partial charge in [0.15, 0.2) is 30.1 Å². The minimum atomic E-state index is -2.43. The fourth-order valence-electron chi connectivity index (χ4n) is 15.6. The first kappa shape index (κ1) is 94.6. The van der Waals surface area contributed by atoms with Gasteiger partial charge in [-0.2, -0.15) is 0 Å². The van der Waals surface area contributed by atoms with E-state index in [1.54, 1.807) is 26.0 Å². The van der Waals surface area contributed by atoms with Gasteiger partial charge in [0.05, 0.1) is 41.3 Å². The Morgan fingerprint density at radius 1 is 0.675 bits per heavy atom. The summed E-state index contributed by atoms with van der Waals surface area (Å²) < 4.78 is 64.9. The average molecular weight is 1820 g/mol. The van der Waals surface area contributed by atoms with E-state index in [4.69, 9.17) is 72.6 Å². The molecule has 38 nitrogen and oxygen atoms in total. The molecule has 3 saturated heterocycles. The largest absolute Gasteiger partial charge is 0.508 e. The number of hydrogen-bond donors (Lipinski definition) is 22. The number of hydrogen-bond acceptors (Lipinski definition) is 31. The number of amides is 7. The summed E-state index contributed by atoms with van der Waals surface area (Å²) in [5.74, 6) is -17.2. The molecule has 24 N–H and O–H groups in total. The highest BCUT2D eigenvalue weighted by Crippen LogP contribution is 2.51. The molecule has 11 bridgehead atoms. The lowest BCUT2D eigenvalue weighted by Crippen LogP contribution is -2.65. The van der Waals surface area contributed by atoms with E-state index in [9.17, 15) is 80.1 Å². The van der Waals surface area contributed by atoms with E-state index >= 15 is 24.0 Å². The summed E-state index contributed by atoms with van der Waals surface area (Å²) in [6.45, 7) is 5.39. The first-order valence-electron chi connectivity index (χ1n) is 39.5. The molecule has 6 aromatic carbocycles. The Kier molecular flexibility index (Phi) is 29.5. The van der Waals surface area contributed by atoms with Crippen molar-refractivity contribution >= 4 is 81.9 Å².